The standard InChI is InChI=1S/C12H18N4O2/c1-3-16(9(2)8-17)11(18)5-4-10-6-14-12(13)15-7-10/h4-7,9,17H,3,8H2,1-2H3,(H2,13,14,15)/b5-4+. The fourth-order valence-electron chi connectivity index (χ4n) is 1.48. The Morgan fingerprint density at radius 2 is 2.17 bits per heavy atom. The van der Waals surface area contributed by atoms with E-state index in [1.54, 1.807) is 17.9 Å². The Hall–Kier alpha value is -1.95. The third kappa shape index (κ3) is 3.81. The number of hydrogen-bond acceptors (Lipinski definition) is 5. The molecule has 0 fully saturated rings. The van der Waals surface area contributed by atoms with Crippen LogP contribution in [0.4, 0.5) is 5.95 Å². The molecule has 0 aliphatic rings. The van der Waals surface area contributed by atoms with Crippen LogP contribution in [0, 0.1) is 0 Å². The lowest BCUT2D eigenvalue weighted by Gasteiger charge is -2.25. The van der Waals surface area contributed by atoms with Crippen molar-refractivity contribution in [2.75, 3.05) is 18.9 Å². The highest BCUT2D eigenvalue weighted by Gasteiger charge is 2.14. The molecule has 0 aliphatic heterocycles. The number of rotatable bonds is 5. The molecule has 6 heteroatoms. The summed E-state index contributed by atoms with van der Waals surface area (Å²) in [5.74, 6) is 0.0402. The summed E-state index contributed by atoms with van der Waals surface area (Å²) in [7, 11) is 0. The first kappa shape index (κ1) is 14.1. The molecular formula is C12H18N4O2. The number of amides is 1. The molecular weight excluding hydrogens is 232 g/mol. The maximum absolute atomic E-state index is 11.9. The quantitative estimate of drug-likeness (QED) is 0.733. The molecule has 1 unspecified atom stereocenters. The number of anilines is 1. The summed E-state index contributed by atoms with van der Waals surface area (Å²) in [6, 6.07) is -0.199. The number of carbonyl (C=O) groups excluding carboxylic acids is 1. The molecule has 18 heavy (non-hydrogen) atoms. The molecule has 1 heterocycles. The van der Waals surface area contributed by atoms with E-state index >= 15 is 0 Å². The zero-order chi connectivity index (χ0) is 13.5. The van der Waals surface area contributed by atoms with Gasteiger partial charge in [-0.1, -0.05) is 0 Å². The van der Waals surface area contributed by atoms with Gasteiger partial charge in [-0.2, -0.15) is 0 Å². The number of nitrogens with zero attached hydrogens (tertiary/aromatic N) is 3. The number of likely N-dealkylation sites (N-methyl/N-ethyl adjacent to an activating group) is 1. The van der Waals surface area contributed by atoms with E-state index in [9.17, 15) is 4.79 Å². The van der Waals surface area contributed by atoms with Gasteiger partial charge in [0, 0.05) is 30.6 Å². The highest BCUT2D eigenvalue weighted by atomic mass is 16.3. The van der Waals surface area contributed by atoms with E-state index in [0.717, 1.165) is 0 Å². The van der Waals surface area contributed by atoms with Crippen LogP contribution in [0.15, 0.2) is 18.5 Å². The number of aromatic nitrogens is 2. The number of nitrogen functional groups attached to an aromatic ring is 1. The normalized spacial score (nSPS) is 12.6. The van der Waals surface area contributed by atoms with Crippen molar-refractivity contribution >= 4 is 17.9 Å². The Balaban J connectivity index is 2.71. The minimum atomic E-state index is -0.199. The van der Waals surface area contributed by atoms with Crippen LogP contribution < -0.4 is 5.73 Å². The molecule has 0 spiro atoms. The number of aliphatic hydroxyl groups is 1. The van der Waals surface area contributed by atoms with Crippen LogP contribution >= 0.6 is 0 Å². The van der Waals surface area contributed by atoms with E-state index in [2.05, 4.69) is 9.97 Å². The maximum Gasteiger partial charge on any atom is 0.246 e. The van der Waals surface area contributed by atoms with Gasteiger partial charge in [-0.15, -0.1) is 0 Å². The van der Waals surface area contributed by atoms with Crippen LogP contribution in [-0.2, 0) is 4.79 Å². The van der Waals surface area contributed by atoms with Gasteiger partial charge in [-0.05, 0) is 19.9 Å². The topological polar surface area (TPSA) is 92.3 Å². The summed E-state index contributed by atoms with van der Waals surface area (Å²) in [6.07, 6.45) is 6.13. The summed E-state index contributed by atoms with van der Waals surface area (Å²) in [6.45, 7) is 4.15. The van der Waals surface area contributed by atoms with Crippen LogP contribution in [0.3, 0.4) is 0 Å². The van der Waals surface area contributed by atoms with E-state index < -0.39 is 0 Å². The molecule has 1 aromatic heterocycles. The summed E-state index contributed by atoms with van der Waals surface area (Å²) < 4.78 is 0. The van der Waals surface area contributed by atoms with Crippen LogP contribution in [-0.4, -0.2) is 45.1 Å². The maximum atomic E-state index is 11.9. The fraction of sp³-hybridized carbons (Fsp3) is 0.417. The van der Waals surface area contributed by atoms with Crippen LogP contribution in [0.5, 0.6) is 0 Å². The predicted molar refractivity (Wildman–Crippen MR) is 69.4 cm³/mol. The molecule has 1 rings (SSSR count). The van der Waals surface area contributed by atoms with Gasteiger partial charge in [0.15, 0.2) is 0 Å². The van der Waals surface area contributed by atoms with Crippen LogP contribution in [0.1, 0.15) is 19.4 Å². The van der Waals surface area contributed by atoms with Crippen molar-refractivity contribution < 1.29 is 9.90 Å². The van der Waals surface area contributed by atoms with Gasteiger partial charge in [-0.25, -0.2) is 9.97 Å². The first-order valence-corrected chi connectivity index (χ1v) is 5.75. The molecule has 1 amide bonds. The van der Waals surface area contributed by atoms with Crippen molar-refractivity contribution in [3.8, 4) is 0 Å². The largest absolute Gasteiger partial charge is 0.394 e. The van der Waals surface area contributed by atoms with Crippen LogP contribution in [0.2, 0.25) is 0 Å². The van der Waals surface area contributed by atoms with Crippen molar-refractivity contribution in [3.05, 3.63) is 24.0 Å². The van der Waals surface area contributed by atoms with Gasteiger partial charge in [0.05, 0.1) is 12.6 Å². The molecule has 6 nitrogen and oxygen atoms in total. The zero-order valence-electron chi connectivity index (χ0n) is 10.6. The van der Waals surface area contributed by atoms with E-state index in [4.69, 9.17) is 10.8 Å². The summed E-state index contributed by atoms with van der Waals surface area (Å²) in [5.41, 5.74) is 6.06. The Kier molecular flexibility index (Phi) is 5.26. The van der Waals surface area contributed by atoms with Gasteiger partial charge in [0.1, 0.15) is 0 Å². The first-order chi connectivity index (χ1) is 8.58. The highest BCUT2D eigenvalue weighted by Crippen LogP contribution is 2.03. The Morgan fingerprint density at radius 3 is 2.67 bits per heavy atom. The fourth-order valence-corrected chi connectivity index (χ4v) is 1.48. The zero-order valence-corrected chi connectivity index (χ0v) is 10.6. The van der Waals surface area contributed by atoms with Crippen molar-refractivity contribution in [1.29, 1.82) is 0 Å². The monoisotopic (exact) mass is 250 g/mol. The van der Waals surface area contributed by atoms with E-state index in [1.165, 1.54) is 18.5 Å². The van der Waals surface area contributed by atoms with Gasteiger partial charge in [0.2, 0.25) is 11.9 Å². The number of carbonyl (C=O) groups is 1. The molecule has 1 atom stereocenters. The summed E-state index contributed by atoms with van der Waals surface area (Å²) in [4.78, 5) is 21.1. The first-order valence-electron chi connectivity index (χ1n) is 5.75. The summed E-state index contributed by atoms with van der Waals surface area (Å²) >= 11 is 0. The van der Waals surface area contributed by atoms with Crippen molar-refractivity contribution in [3.63, 3.8) is 0 Å². The summed E-state index contributed by atoms with van der Waals surface area (Å²) in [5, 5.41) is 9.05. The van der Waals surface area contributed by atoms with Crippen molar-refractivity contribution in [2.45, 2.75) is 19.9 Å². The highest BCUT2D eigenvalue weighted by molar-refractivity contribution is 5.91. The molecule has 0 aliphatic carbocycles. The second-order valence-corrected chi connectivity index (χ2v) is 3.86. The van der Waals surface area contributed by atoms with Crippen molar-refractivity contribution in [1.82, 2.24) is 14.9 Å². The second kappa shape index (κ2) is 6.70. The second-order valence-electron chi connectivity index (χ2n) is 3.86. The Bertz CT molecular complexity index is 417. The van der Waals surface area contributed by atoms with Gasteiger partial charge in [-0.3, -0.25) is 4.79 Å². The average Bonchev–Trinajstić information content (AvgIpc) is 2.38. The molecule has 1 aromatic rings. The third-order valence-corrected chi connectivity index (χ3v) is 2.53. The van der Waals surface area contributed by atoms with Crippen LogP contribution in [0.25, 0.3) is 6.08 Å². The van der Waals surface area contributed by atoms with E-state index in [-0.39, 0.29) is 24.5 Å². The van der Waals surface area contributed by atoms with Gasteiger partial charge >= 0.3 is 0 Å². The third-order valence-electron chi connectivity index (χ3n) is 2.53. The molecule has 0 saturated carbocycles. The predicted octanol–water partition coefficient (Wildman–Crippen LogP) is 0.301. The van der Waals surface area contributed by atoms with E-state index in [1.807, 2.05) is 6.92 Å². The Morgan fingerprint density at radius 1 is 1.56 bits per heavy atom. The lowest BCUT2D eigenvalue weighted by molar-refractivity contribution is -0.128. The minimum absolute atomic E-state index is 0.0571. The van der Waals surface area contributed by atoms with Gasteiger partial charge < -0.3 is 15.7 Å². The van der Waals surface area contributed by atoms with E-state index in [0.29, 0.717) is 12.1 Å². The SMILES string of the molecule is CCN(C(=O)/C=C/c1cnc(N)nc1)C(C)CO. The molecule has 0 bridgehead atoms. The molecule has 0 radical (unpaired) electrons. The van der Waals surface area contributed by atoms with Gasteiger partial charge in [0.25, 0.3) is 0 Å². The lowest BCUT2D eigenvalue weighted by atomic mass is 10.2. The average molecular weight is 250 g/mol. The molecule has 0 saturated heterocycles. The number of hydrogen-bond donors (Lipinski definition) is 2. The number of nitrogens with two attached hydrogens (primary N) is 1. The molecule has 3 N–H and O–H groups in total. The van der Waals surface area contributed by atoms with Crippen molar-refractivity contribution in [2.24, 2.45) is 0 Å². The number of aliphatic hydroxyl groups excluding tert-OH is 1. The smallest absolute Gasteiger partial charge is 0.246 e. The molecule has 0 aromatic carbocycles. The Labute approximate surface area is 106 Å². The molecule has 98 valence electrons. The lowest BCUT2D eigenvalue weighted by Crippen LogP contribution is -2.39. The minimum Gasteiger partial charge on any atom is -0.394 e.